The van der Waals surface area contributed by atoms with Crippen molar-refractivity contribution in [3.63, 3.8) is 0 Å². The molecular weight excluding hydrogens is 512 g/mol. The van der Waals surface area contributed by atoms with Crippen molar-refractivity contribution in [1.82, 2.24) is 25.4 Å². The lowest BCUT2D eigenvalue weighted by molar-refractivity contribution is -0.116. The van der Waals surface area contributed by atoms with E-state index >= 15 is 0 Å². The third-order valence-corrected chi connectivity index (χ3v) is 7.41. The standard InChI is InChI=1S/C28H30N8O2S/c1-19-5-4-6-21(15-19)16-25(37)30-23-8-9-24(33-32-23)36-13-10-20(11-14-36)17-27-34-35-28(39-27)31-26(38)18-22-7-2-3-12-29-22/h2-9,12,15,20H,10-11,13-14,16-18H2,1H3,(H,30,32,37)(H,31,35,38). The second kappa shape index (κ2) is 12.5. The molecule has 5 rings (SSSR count). The highest BCUT2D eigenvalue weighted by Crippen LogP contribution is 2.27. The number of nitrogens with one attached hydrogen (secondary N) is 2. The Bertz CT molecular complexity index is 1400. The number of benzene rings is 1. The molecule has 1 aliphatic heterocycles. The van der Waals surface area contributed by atoms with Crippen LogP contribution in [0.4, 0.5) is 16.8 Å². The molecule has 1 aromatic carbocycles. The molecule has 4 aromatic rings. The van der Waals surface area contributed by atoms with E-state index in [0.29, 0.717) is 29.0 Å². The summed E-state index contributed by atoms with van der Waals surface area (Å²) < 4.78 is 0. The molecule has 0 unspecified atom stereocenters. The fourth-order valence-electron chi connectivity index (χ4n) is 4.59. The van der Waals surface area contributed by atoms with Gasteiger partial charge in [-0.25, -0.2) is 0 Å². The number of aromatic nitrogens is 5. The second-order valence-corrected chi connectivity index (χ2v) is 10.7. The Hall–Kier alpha value is -4.25. The minimum atomic E-state index is -0.150. The number of pyridine rings is 1. The lowest BCUT2D eigenvalue weighted by Gasteiger charge is -2.32. The molecule has 0 spiro atoms. The Morgan fingerprint density at radius 3 is 2.51 bits per heavy atom. The Morgan fingerprint density at radius 1 is 0.923 bits per heavy atom. The largest absolute Gasteiger partial charge is 0.355 e. The zero-order valence-corrected chi connectivity index (χ0v) is 22.5. The van der Waals surface area contributed by atoms with Gasteiger partial charge in [-0.1, -0.05) is 47.2 Å². The molecule has 11 heteroatoms. The van der Waals surface area contributed by atoms with E-state index in [1.54, 1.807) is 12.3 Å². The molecule has 1 saturated heterocycles. The van der Waals surface area contributed by atoms with Crippen LogP contribution in [0.1, 0.15) is 34.7 Å². The Kier molecular flexibility index (Phi) is 8.47. The van der Waals surface area contributed by atoms with Crippen LogP contribution < -0.4 is 15.5 Å². The molecule has 0 radical (unpaired) electrons. The van der Waals surface area contributed by atoms with Gasteiger partial charge >= 0.3 is 0 Å². The normalized spacial score (nSPS) is 13.7. The maximum absolute atomic E-state index is 12.4. The number of hydrogen-bond donors (Lipinski definition) is 2. The first-order chi connectivity index (χ1) is 19.0. The topological polar surface area (TPSA) is 126 Å². The number of nitrogens with zero attached hydrogens (tertiary/aromatic N) is 6. The van der Waals surface area contributed by atoms with E-state index in [2.05, 4.69) is 40.9 Å². The van der Waals surface area contributed by atoms with Crippen molar-refractivity contribution >= 4 is 39.9 Å². The Labute approximate surface area is 230 Å². The van der Waals surface area contributed by atoms with Gasteiger partial charge in [-0.2, -0.15) is 0 Å². The summed E-state index contributed by atoms with van der Waals surface area (Å²) in [5.41, 5.74) is 2.81. The number of amides is 2. The smallest absolute Gasteiger partial charge is 0.232 e. The third kappa shape index (κ3) is 7.64. The van der Waals surface area contributed by atoms with Crippen LogP contribution in [0.15, 0.2) is 60.8 Å². The summed E-state index contributed by atoms with van der Waals surface area (Å²) >= 11 is 1.42. The van der Waals surface area contributed by atoms with Gasteiger partial charge in [0.25, 0.3) is 0 Å². The van der Waals surface area contributed by atoms with Gasteiger partial charge in [0, 0.05) is 31.4 Å². The van der Waals surface area contributed by atoms with E-state index in [-0.39, 0.29) is 18.2 Å². The number of piperidine rings is 1. The fourth-order valence-corrected chi connectivity index (χ4v) is 5.46. The molecule has 39 heavy (non-hydrogen) atoms. The minimum Gasteiger partial charge on any atom is -0.355 e. The average molecular weight is 543 g/mol. The molecule has 200 valence electrons. The highest BCUT2D eigenvalue weighted by atomic mass is 32.1. The maximum Gasteiger partial charge on any atom is 0.232 e. The molecule has 2 N–H and O–H groups in total. The van der Waals surface area contributed by atoms with E-state index in [4.69, 9.17) is 0 Å². The molecule has 4 heterocycles. The van der Waals surface area contributed by atoms with Crippen LogP contribution in [0.5, 0.6) is 0 Å². The molecule has 0 saturated carbocycles. The van der Waals surface area contributed by atoms with Crippen molar-refractivity contribution in [3.05, 3.63) is 82.6 Å². The number of anilines is 3. The molecule has 1 aliphatic rings. The van der Waals surface area contributed by atoms with Gasteiger partial charge in [0.2, 0.25) is 16.9 Å². The summed E-state index contributed by atoms with van der Waals surface area (Å²) in [7, 11) is 0. The summed E-state index contributed by atoms with van der Waals surface area (Å²) in [5.74, 6) is 1.47. The van der Waals surface area contributed by atoms with E-state index in [9.17, 15) is 9.59 Å². The summed E-state index contributed by atoms with van der Waals surface area (Å²) in [6, 6.07) is 17.1. The van der Waals surface area contributed by atoms with Crippen molar-refractivity contribution in [3.8, 4) is 0 Å². The van der Waals surface area contributed by atoms with Crippen LogP contribution in [-0.4, -0.2) is 50.3 Å². The van der Waals surface area contributed by atoms with Crippen LogP contribution in [0.25, 0.3) is 0 Å². The van der Waals surface area contributed by atoms with Crippen molar-refractivity contribution in [2.45, 2.75) is 39.0 Å². The van der Waals surface area contributed by atoms with E-state index < -0.39 is 0 Å². The summed E-state index contributed by atoms with van der Waals surface area (Å²) in [5, 5.41) is 24.1. The van der Waals surface area contributed by atoms with Crippen molar-refractivity contribution in [1.29, 1.82) is 0 Å². The van der Waals surface area contributed by atoms with Gasteiger partial charge in [-0.15, -0.1) is 20.4 Å². The lowest BCUT2D eigenvalue weighted by atomic mass is 9.94. The number of hydrogen-bond acceptors (Lipinski definition) is 9. The maximum atomic E-state index is 12.4. The number of rotatable bonds is 9. The monoisotopic (exact) mass is 542 g/mol. The highest BCUT2D eigenvalue weighted by Gasteiger charge is 2.22. The molecule has 1 fully saturated rings. The van der Waals surface area contributed by atoms with Crippen molar-refractivity contribution in [2.24, 2.45) is 5.92 Å². The second-order valence-electron chi connectivity index (χ2n) is 9.67. The van der Waals surface area contributed by atoms with E-state index in [1.165, 1.54) is 11.3 Å². The molecule has 10 nitrogen and oxygen atoms in total. The Balaban J connectivity index is 1.05. The lowest BCUT2D eigenvalue weighted by Crippen LogP contribution is -2.35. The predicted octanol–water partition coefficient (Wildman–Crippen LogP) is 3.85. The highest BCUT2D eigenvalue weighted by molar-refractivity contribution is 7.15. The zero-order chi connectivity index (χ0) is 27.0. The summed E-state index contributed by atoms with van der Waals surface area (Å²) in [4.78, 5) is 31.0. The van der Waals surface area contributed by atoms with Crippen molar-refractivity contribution < 1.29 is 9.59 Å². The van der Waals surface area contributed by atoms with Gasteiger partial charge in [-0.3, -0.25) is 14.6 Å². The number of aryl methyl sites for hydroxylation is 1. The SMILES string of the molecule is Cc1cccc(CC(=O)Nc2ccc(N3CCC(Cc4nnc(NC(=O)Cc5ccccn5)s4)CC3)nn2)c1. The summed E-state index contributed by atoms with van der Waals surface area (Å²) in [6.45, 7) is 3.74. The number of carbonyl (C=O) groups is 2. The first kappa shape index (κ1) is 26.4. The van der Waals surface area contributed by atoms with Gasteiger partial charge in [0.1, 0.15) is 5.01 Å². The first-order valence-corrected chi connectivity index (χ1v) is 13.8. The summed E-state index contributed by atoms with van der Waals surface area (Å²) in [6.07, 6.45) is 5.01. The van der Waals surface area contributed by atoms with Gasteiger partial charge < -0.3 is 15.5 Å². The molecule has 0 atom stereocenters. The molecule has 3 aromatic heterocycles. The van der Waals surface area contributed by atoms with Crippen LogP contribution in [0.2, 0.25) is 0 Å². The van der Waals surface area contributed by atoms with Crippen molar-refractivity contribution in [2.75, 3.05) is 28.6 Å². The number of carbonyl (C=O) groups excluding carboxylic acids is 2. The van der Waals surface area contributed by atoms with Crippen LogP contribution in [-0.2, 0) is 28.9 Å². The molecule has 0 bridgehead atoms. The zero-order valence-electron chi connectivity index (χ0n) is 21.7. The quantitative estimate of drug-likeness (QED) is 0.327. The van der Waals surface area contributed by atoms with Crippen LogP contribution in [0, 0.1) is 12.8 Å². The molecule has 0 aliphatic carbocycles. The minimum absolute atomic E-state index is 0.115. The average Bonchev–Trinajstić information content (AvgIpc) is 3.36. The fraction of sp³-hybridized carbons (Fsp3) is 0.321. The van der Waals surface area contributed by atoms with Gasteiger partial charge in [-0.05, 0) is 55.5 Å². The predicted molar refractivity (Wildman–Crippen MR) is 151 cm³/mol. The van der Waals surface area contributed by atoms with E-state index in [0.717, 1.165) is 54.3 Å². The molecule has 2 amide bonds. The first-order valence-electron chi connectivity index (χ1n) is 13.0. The van der Waals surface area contributed by atoms with Crippen LogP contribution >= 0.6 is 11.3 Å². The van der Waals surface area contributed by atoms with E-state index in [1.807, 2.05) is 55.5 Å². The third-order valence-electron chi connectivity index (χ3n) is 6.55. The molecular formula is C28H30N8O2S. The van der Waals surface area contributed by atoms with Gasteiger partial charge in [0.15, 0.2) is 11.6 Å². The van der Waals surface area contributed by atoms with Gasteiger partial charge in [0.05, 0.1) is 12.8 Å². The van der Waals surface area contributed by atoms with Crippen LogP contribution in [0.3, 0.4) is 0 Å². The Morgan fingerprint density at radius 2 is 1.77 bits per heavy atom.